The minimum atomic E-state index is -1.13. The molecular formula is C37H34N4O5S. The molecule has 2 atom stereocenters. The maximum atomic E-state index is 14.1. The van der Waals surface area contributed by atoms with Gasteiger partial charge in [-0.25, -0.2) is 14.6 Å². The van der Waals surface area contributed by atoms with Gasteiger partial charge in [-0.15, -0.1) is 11.8 Å². The fourth-order valence-electron chi connectivity index (χ4n) is 6.11. The maximum absolute atomic E-state index is 14.1. The number of imidazole rings is 1. The summed E-state index contributed by atoms with van der Waals surface area (Å²) < 4.78 is 7.54. The van der Waals surface area contributed by atoms with Crippen LogP contribution in [-0.4, -0.2) is 61.2 Å². The predicted molar refractivity (Wildman–Crippen MR) is 180 cm³/mol. The molecule has 9 nitrogen and oxygen atoms in total. The molecule has 4 aromatic carbocycles. The van der Waals surface area contributed by atoms with Gasteiger partial charge in [0.15, 0.2) is 0 Å². The number of rotatable bonds is 11. The first-order chi connectivity index (χ1) is 23.0. The molecule has 0 saturated carbocycles. The lowest BCUT2D eigenvalue weighted by Crippen LogP contribution is -2.53. The van der Waals surface area contributed by atoms with E-state index < -0.39 is 35.6 Å². The van der Waals surface area contributed by atoms with Gasteiger partial charge in [0.05, 0.1) is 12.2 Å². The Balaban J connectivity index is 1.42. The third-order valence-corrected chi connectivity index (χ3v) is 9.33. The molecule has 1 aliphatic rings. The second-order valence-electron chi connectivity index (χ2n) is 11.2. The highest BCUT2D eigenvalue weighted by atomic mass is 32.2. The fraction of sp³-hybridized carbons (Fsp3) is 0.189. The number of hydrogen-bond acceptors (Lipinski definition) is 6. The molecule has 1 aromatic heterocycles. The molecule has 1 saturated heterocycles. The van der Waals surface area contributed by atoms with Crippen LogP contribution in [0.1, 0.15) is 27.9 Å². The van der Waals surface area contributed by atoms with E-state index in [4.69, 9.17) is 4.74 Å². The van der Waals surface area contributed by atoms with E-state index in [1.54, 1.807) is 12.5 Å². The second-order valence-corrected chi connectivity index (χ2v) is 12.2. The molecule has 2 heterocycles. The van der Waals surface area contributed by atoms with Crippen LogP contribution in [-0.2, 0) is 32.9 Å². The van der Waals surface area contributed by atoms with Gasteiger partial charge in [-0.1, -0.05) is 121 Å². The number of ether oxygens (including phenoxy) is 1. The fourth-order valence-corrected chi connectivity index (χ4v) is 7.27. The topological polar surface area (TPSA) is 114 Å². The summed E-state index contributed by atoms with van der Waals surface area (Å²) in [5.74, 6) is -1.12. The van der Waals surface area contributed by atoms with Crippen LogP contribution in [0.5, 0.6) is 0 Å². The van der Waals surface area contributed by atoms with Crippen molar-refractivity contribution in [3.63, 3.8) is 0 Å². The zero-order valence-electron chi connectivity index (χ0n) is 25.5. The van der Waals surface area contributed by atoms with Crippen molar-refractivity contribution in [3.05, 3.63) is 162 Å². The van der Waals surface area contributed by atoms with Gasteiger partial charge in [0.1, 0.15) is 24.2 Å². The van der Waals surface area contributed by atoms with Gasteiger partial charge in [-0.2, -0.15) is 0 Å². The standard InChI is InChI=1S/C37H34N4O5S/c42-34(40-26-47-24-33(40)35(43)44)32(39-36(45)46-23-27-13-5-1-6-14-27)21-31-22-38-25-41(31)37(28-15-7-2-8-16-28,29-17-9-3-10-18-29)30-19-11-4-12-20-30/h1-20,22,25,32-33H,21,23-24,26H2,(H,39,45)(H,43,44). The lowest BCUT2D eigenvalue weighted by molar-refractivity contribution is -0.148. The molecule has 0 spiro atoms. The van der Waals surface area contributed by atoms with Crippen LogP contribution in [0.3, 0.4) is 0 Å². The average molecular weight is 647 g/mol. The number of aromatic nitrogens is 2. The Morgan fingerprint density at radius 1 is 0.851 bits per heavy atom. The number of alkyl carbamates (subject to hydrolysis) is 1. The summed E-state index contributed by atoms with van der Waals surface area (Å²) in [5, 5.41) is 12.6. The number of carboxylic acid groups (broad SMARTS) is 1. The second kappa shape index (κ2) is 14.4. The molecule has 5 aromatic rings. The first kappa shape index (κ1) is 31.6. The van der Waals surface area contributed by atoms with Gasteiger partial charge in [-0.05, 0) is 22.3 Å². The Labute approximate surface area is 277 Å². The smallest absolute Gasteiger partial charge is 0.408 e. The van der Waals surface area contributed by atoms with Crippen molar-refractivity contribution in [1.29, 1.82) is 0 Å². The van der Waals surface area contributed by atoms with E-state index in [0.29, 0.717) is 5.69 Å². The van der Waals surface area contributed by atoms with E-state index in [2.05, 4.69) is 46.7 Å². The summed E-state index contributed by atoms with van der Waals surface area (Å²) in [6.07, 6.45) is 2.68. The Hall–Kier alpha value is -5.35. The van der Waals surface area contributed by atoms with E-state index in [1.807, 2.05) is 89.5 Å². The SMILES string of the molecule is O=C(NC(Cc1cncn1C(c1ccccc1)(c1ccccc1)c1ccccc1)C(=O)N1CSCC1C(=O)O)OCc1ccccc1. The Kier molecular flexibility index (Phi) is 9.68. The number of amides is 2. The van der Waals surface area contributed by atoms with Gasteiger partial charge in [0.2, 0.25) is 5.91 Å². The summed E-state index contributed by atoms with van der Waals surface area (Å²) in [7, 11) is 0. The van der Waals surface area contributed by atoms with Gasteiger partial charge in [0, 0.05) is 24.1 Å². The quantitative estimate of drug-likeness (QED) is 0.181. The minimum Gasteiger partial charge on any atom is -0.480 e. The van der Waals surface area contributed by atoms with E-state index in [-0.39, 0.29) is 24.7 Å². The molecule has 10 heteroatoms. The Bertz CT molecular complexity index is 1710. The summed E-state index contributed by atoms with van der Waals surface area (Å²) in [5.41, 5.74) is 3.46. The van der Waals surface area contributed by atoms with Crippen molar-refractivity contribution in [2.75, 3.05) is 11.6 Å². The molecule has 2 N–H and O–H groups in total. The van der Waals surface area contributed by atoms with Gasteiger partial charge >= 0.3 is 12.1 Å². The van der Waals surface area contributed by atoms with Crippen LogP contribution in [0.25, 0.3) is 0 Å². The molecule has 1 fully saturated rings. The molecular weight excluding hydrogens is 612 g/mol. The summed E-state index contributed by atoms with van der Waals surface area (Å²) in [4.78, 5) is 45.2. The van der Waals surface area contributed by atoms with Crippen molar-refractivity contribution in [3.8, 4) is 0 Å². The zero-order valence-corrected chi connectivity index (χ0v) is 26.3. The number of thioether (sulfide) groups is 1. The number of carboxylic acids is 1. The van der Waals surface area contributed by atoms with Crippen molar-refractivity contribution in [2.24, 2.45) is 0 Å². The maximum Gasteiger partial charge on any atom is 0.408 e. The van der Waals surface area contributed by atoms with Crippen LogP contribution in [0, 0.1) is 0 Å². The minimum absolute atomic E-state index is 0.0158. The predicted octanol–water partition coefficient (Wildman–Crippen LogP) is 5.55. The van der Waals surface area contributed by atoms with Gasteiger partial charge in [-0.3, -0.25) is 4.79 Å². The number of nitrogens with one attached hydrogen (secondary N) is 1. The monoisotopic (exact) mass is 646 g/mol. The number of carbonyl (C=O) groups is 3. The third-order valence-electron chi connectivity index (χ3n) is 8.32. The van der Waals surface area contributed by atoms with Crippen LogP contribution in [0.4, 0.5) is 4.79 Å². The van der Waals surface area contributed by atoms with Crippen LogP contribution < -0.4 is 5.32 Å². The lowest BCUT2D eigenvalue weighted by atomic mass is 9.76. The van der Waals surface area contributed by atoms with Crippen molar-refractivity contribution in [1.82, 2.24) is 19.8 Å². The summed E-state index contributed by atoms with van der Waals surface area (Å²) in [6.45, 7) is 0.0158. The highest BCUT2D eigenvalue weighted by Crippen LogP contribution is 2.41. The number of benzene rings is 4. The Morgan fingerprint density at radius 2 is 1.38 bits per heavy atom. The molecule has 0 aliphatic carbocycles. The van der Waals surface area contributed by atoms with E-state index in [1.165, 1.54) is 16.7 Å². The normalized spacial score (nSPS) is 15.1. The number of hydrogen-bond donors (Lipinski definition) is 2. The first-order valence-electron chi connectivity index (χ1n) is 15.2. The lowest BCUT2D eigenvalue weighted by Gasteiger charge is -2.39. The first-order valence-corrected chi connectivity index (χ1v) is 16.4. The van der Waals surface area contributed by atoms with E-state index in [0.717, 1.165) is 22.3 Å². The summed E-state index contributed by atoms with van der Waals surface area (Å²) in [6, 6.07) is 37.3. The Morgan fingerprint density at radius 3 is 1.91 bits per heavy atom. The number of carbonyl (C=O) groups excluding carboxylic acids is 2. The summed E-state index contributed by atoms with van der Waals surface area (Å²) >= 11 is 1.36. The van der Waals surface area contributed by atoms with Crippen LogP contribution in [0.15, 0.2) is 134 Å². The number of aliphatic carboxylic acids is 1. The third kappa shape index (κ3) is 6.64. The molecule has 0 radical (unpaired) electrons. The van der Waals surface area contributed by atoms with Gasteiger partial charge in [0.25, 0.3) is 0 Å². The van der Waals surface area contributed by atoms with Crippen molar-refractivity contribution in [2.45, 2.75) is 30.7 Å². The van der Waals surface area contributed by atoms with Crippen molar-refractivity contribution < 1.29 is 24.2 Å². The largest absolute Gasteiger partial charge is 0.480 e. The van der Waals surface area contributed by atoms with E-state index >= 15 is 0 Å². The molecule has 1 aliphatic heterocycles. The highest BCUT2D eigenvalue weighted by molar-refractivity contribution is 7.99. The molecule has 0 bridgehead atoms. The molecule has 47 heavy (non-hydrogen) atoms. The molecule has 2 unspecified atom stereocenters. The average Bonchev–Trinajstić information content (AvgIpc) is 3.80. The zero-order chi connectivity index (χ0) is 32.6. The number of nitrogens with zero attached hydrogens (tertiary/aromatic N) is 3. The molecule has 2 amide bonds. The van der Waals surface area contributed by atoms with Crippen LogP contribution in [0.2, 0.25) is 0 Å². The van der Waals surface area contributed by atoms with E-state index in [9.17, 15) is 19.5 Å². The highest BCUT2D eigenvalue weighted by Gasteiger charge is 2.42. The molecule has 6 rings (SSSR count). The van der Waals surface area contributed by atoms with Crippen LogP contribution >= 0.6 is 11.8 Å². The molecule has 238 valence electrons. The van der Waals surface area contributed by atoms with Crippen molar-refractivity contribution >= 4 is 29.7 Å². The van der Waals surface area contributed by atoms with Gasteiger partial charge < -0.3 is 24.6 Å².